The van der Waals surface area contributed by atoms with Gasteiger partial charge < -0.3 is 9.30 Å². The normalized spacial score (nSPS) is 15.8. The number of alkyl halides is 5. The number of ether oxygens (including phenoxy) is 1. The Morgan fingerprint density at radius 2 is 1.70 bits per heavy atom. The van der Waals surface area contributed by atoms with Gasteiger partial charge in [-0.15, -0.1) is 10.2 Å². The van der Waals surface area contributed by atoms with Crippen LogP contribution in [0, 0.1) is 0 Å². The molecule has 0 spiro atoms. The lowest BCUT2D eigenvalue weighted by Gasteiger charge is -2.42. The fraction of sp³-hybridized carbons (Fsp3) is 0.385. The number of aromatic nitrogens is 7. The molecule has 20 heteroatoms. The largest absolute Gasteiger partial charge is 0.434 e. The Morgan fingerprint density at radius 3 is 2.30 bits per heavy atom. The molecule has 1 aliphatic carbocycles. The van der Waals surface area contributed by atoms with Crippen LogP contribution < -0.4 is 9.64 Å². The summed E-state index contributed by atoms with van der Waals surface area (Å²) in [6, 6.07) is 6.80. The van der Waals surface area contributed by atoms with Gasteiger partial charge in [-0.05, 0) is 23.7 Å². The highest BCUT2D eigenvalue weighted by Crippen LogP contribution is 2.45. The Bertz CT molecular complexity index is 1790. The average Bonchev–Trinajstić information content (AvgIpc) is 3.55. The second kappa shape index (κ2) is 11.3. The van der Waals surface area contributed by atoms with Crippen molar-refractivity contribution in [2.75, 3.05) is 4.90 Å². The van der Waals surface area contributed by atoms with E-state index in [4.69, 9.17) is 0 Å². The summed E-state index contributed by atoms with van der Waals surface area (Å²) in [5.74, 6) is -0.0195. The summed E-state index contributed by atoms with van der Waals surface area (Å²) < 4.78 is 75.5. The van der Waals surface area contributed by atoms with Crippen LogP contribution in [-0.4, -0.2) is 86.0 Å². The zero-order chi connectivity index (χ0) is 33.2. The van der Waals surface area contributed by atoms with Gasteiger partial charge in [0.15, 0.2) is 11.5 Å². The monoisotopic (exact) mass is 634 g/mol. The van der Waals surface area contributed by atoms with Crippen LogP contribution in [0.1, 0.15) is 42.1 Å². The third kappa shape index (κ3) is 5.93. The number of fused-ring (bicyclic) bond motifs is 1. The fourth-order valence-corrected chi connectivity index (χ4v) is 5.28. The van der Waals surface area contributed by atoms with Gasteiger partial charge >= 0.3 is 12.8 Å². The molecule has 1 aromatic carbocycles. The summed E-state index contributed by atoms with van der Waals surface area (Å²) in [4.78, 5) is 31.3. The standard InChI is InChI=1S/C26H28B5F5N8O2/c27-25(28,29)26(30,31)43-10-15(24(34,35)36)39-20(43)14-3-1-12(2-4-14)9-42-16(45)7-8-44-23(42)40-19(41-44)17-18(13-5-6-13)37-11-38-21(17)46-22(32)33/h1-4,10-11,13,22H,5-9,27-31H2. The highest BCUT2D eigenvalue weighted by atomic mass is 19.4. The second-order valence-electron chi connectivity index (χ2n) is 13.1. The summed E-state index contributed by atoms with van der Waals surface area (Å²) in [5, 5.41) is 3.40. The number of hydrogen-bond donors (Lipinski definition) is 0. The Kier molecular flexibility index (Phi) is 7.83. The van der Waals surface area contributed by atoms with Crippen LogP contribution in [0.25, 0.3) is 22.8 Å². The van der Waals surface area contributed by atoms with E-state index in [1.165, 1.54) is 15.9 Å². The van der Waals surface area contributed by atoms with Gasteiger partial charge in [-0.2, -0.15) is 26.9 Å². The molecule has 3 aromatic heterocycles. The van der Waals surface area contributed by atoms with E-state index in [1.807, 2.05) is 39.2 Å². The number of halogens is 5. The number of nitrogens with zero attached hydrogens (tertiary/aromatic N) is 8. The van der Waals surface area contributed by atoms with Crippen LogP contribution in [0.15, 0.2) is 36.8 Å². The number of carbonyl (C=O) groups excluding carboxylic acids is 1. The minimum absolute atomic E-state index is 0.0478. The number of imidazole rings is 1. The van der Waals surface area contributed by atoms with E-state index in [0.29, 0.717) is 16.8 Å². The van der Waals surface area contributed by atoms with Crippen molar-refractivity contribution in [1.82, 2.24) is 34.3 Å². The molecular weight excluding hydrogens is 605 g/mol. The molecule has 1 amide bonds. The number of amides is 1. The minimum Gasteiger partial charge on any atom is -0.416 e. The van der Waals surface area contributed by atoms with Gasteiger partial charge in [0.05, 0.1) is 42.3 Å². The molecule has 0 bridgehead atoms. The smallest absolute Gasteiger partial charge is 0.416 e. The number of hydrogen-bond acceptors (Lipinski definition) is 7. The molecule has 46 heavy (non-hydrogen) atoms. The third-order valence-electron chi connectivity index (χ3n) is 8.95. The Hall–Kier alpha value is -4.11. The van der Waals surface area contributed by atoms with Crippen molar-refractivity contribution < 1.29 is 31.5 Å². The van der Waals surface area contributed by atoms with Crippen molar-refractivity contribution in [2.24, 2.45) is 0 Å². The van der Waals surface area contributed by atoms with Gasteiger partial charge in [0, 0.05) is 24.1 Å². The molecular formula is C26H28B5F5N8O2. The maximum atomic E-state index is 13.7. The number of aryl methyl sites for hydroxylation is 1. The zero-order valence-electron chi connectivity index (χ0n) is 25.9. The first-order valence-electron chi connectivity index (χ1n) is 14.9. The van der Waals surface area contributed by atoms with E-state index in [2.05, 4.69) is 29.8 Å². The van der Waals surface area contributed by atoms with Crippen molar-refractivity contribution in [3.05, 3.63) is 53.7 Å². The number of rotatable bonds is 9. The molecule has 10 nitrogen and oxygen atoms in total. The molecule has 234 valence electrons. The molecule has 0 atom stereocenters. The molecule has 0 unspecified atom stereocenters. The molecule has 0 saturated heterocycles. The lowest BCUT2D eigenvalue weighted by molar-refractivity contribution is -0.141. The summed E-state index contributed by atoms with van der Waals surface area (Å²) in [6.45, 7) is -2.78. The van der Waals surface area contributed by atoms with Crippen LogP contribution in [0.5, 0.6) is 5.88 Å². The summed E-state index contributed by atoms with van der Waals surface area (Å²) in [5.41, 5.74) is 0.881. The van der Waals surface area contributed by atoms with E-state index >= 15 is 0 Å². The first-order chi connectivity index (χ1) is 21.5. The van der Waals surface area contributed by atoms with Gasteiger partial charge in [0.2, 0.25) is 17.7 Å². The van der Waals surface area contributed by atoms with Crippen molar-refractivity contribution in [2.45, 2.75) is 61.5 Å². The molecule has 0 radical (unpaired) electrons. The molecule has 1 fully saturated rings. The number of carbonyl (C=O) groups is 1. The van der Waals surface area contributed by atoms with Crippen LogP contribution >= 0.6 is 0 Å². The van der Waals surface area contributed by atoms with E-state index in [0.717, 1.165) is 19.0 Å². The van der Waals surface area contributed by atoms with E-state index in [9.17, 15) is 26.7 Å². The predicted octanol–water partition coefficient (Wildman–Crippen LogP) is -0.117. The molecule has 2 aliphatic rings. The molecule has 4 heterocycles. The van der Waals surface area contributed by atoms with E-state index in [1.54, 1.807) is 28.8 Å². The van der Waals surface area contributed by atoms with Crippen LogP contribution in [0.4, 0.5) is 27.9 Å². The van der Waals surface area contributed by atoms with Crippen LogP contribution in [0.3, 0.4) is 0 Å². The van der Waals surface area contributed by atoms with Gasteiger partial charge in [-0.25, -0.2) is 19.6 Å². The Labute approximate surface area is 265 Å². The van der Waals surface area contributed by atoms with E-state index < -0.39 is 28.9 Å². The molecule has 6 rings (SSSR count). The summed E-state index contributed by atoms with van der Waals surface area (Å²) in [6.07, 6.45) is -0.598. The summed E-state index contributed by atoms with van der Waals surface area (Å²) >= 11 is 0. The highest BCUT2D eigenvalue weighted by molar-refractivity contribution is 6.66. The minimum atomic E-state index is -4.62. The van der Waals surface area contributed by atoms with Gasteiger partial charge in [-0.3, -0.25) is 9.69 Å². The van der Waals surface area contributed by atoms with Crippen LogP contribution in [0.2, 0.25) is 5.11 Å². The molecule has 1 saturated carbocycles. The molecule has 4 aromatic rings. The topological polar surface area (TPSA) is 104 Å². The first-order valence-corrected chi connectivity index (χ1v) is 14.9. The number of benzene rings is 1. The lowest BCUT2D eigenvalue weighted by atomic mass is 9.26. The predicted molar refractivity (Wildman–Crippen MR) is 172 cm³/mol. The maximum absolute atomic E-state index is 13.7. The van der Waals surface area contributed by atoms with Gasteiger partial charge in [0.1, 0.15) is 33.4 Å². The lowest BCUT2D eigenvalue weighted by Crippen LogP contribution is -2.48. The Morgan fingerprint density at radius 1 is 1.00 bits per heavy atom. The SMILES string of the molecule is BC(B)(B)C(B)(B)n1cc(C(F)(F)F)nc1-c1ccc(CN2C(=O)CCn3nc(-c4c(OC(F)F)ncnc4C4CC4)nc32)cc1. The second-order valence-corrected chi connectivity index (χ2v) is 13.1. The average molecular weight is 634 g/mol. The van der Waals surface area contributed by atoms with Gasteiger partial charge in [-0.1, -0.05) is 24.3 Å². The summed E-state index contributed by atoms with van der Waals surface area (Å²) in [7, 11) is 9.61. The van der Waals surface area contributed by atoms with Gasteiger partial charge in [0.25, 0.3) is 0 Å². The Balaban J connectivity index is 1.32. The first kappa shape index (κ1) is 31.9. The van der Waals surface area contributed by atoms with Crippen molar-refractivity contribution in [3.8, 4) is 28.7 Å². The van der Waals surface area contributed by atoms with Crippen molar-refractivity contribution in [1.29, 1.82) is 0 Å². The zero-order valence-corrected chi connectivity index (χ0v) is 25.9. The molecule has 0 N–H and O–H groups in total. The maximum Gasteiger partial charge on any atom is 0.434 e. The third-order valence-corrected chi connectivity index (χ3v) is 8.95. The number of anilines is 1. The quantitative estimate of drug-likeness (QED) is 0.187. The fourth-order valence-electron chi connectivity index (χ4n) is 5.28. The van der Waals surface area contributed by atoms with Crippen molar-refractivity contribution >= 4 is 51.1 Å². The van der Waals surface area contributed by atoms with Crippen LogP contribution in [-0.2, 0) is 29.4 Å². The van der Waals surface area contributed by atoms with Crippen molar-refractivity contribution in [3.63, 3.8) is 0 Å². The highest BCUT2D eigenvalue weighted by Gasteiger charge is 2.41. The van der Waals surface area contributed by atoms with E-state index in [-0.39, 0.29) is 60.4 Å². The molecule has 1 aliphatic heterocycles.